The standard InChI is InChI=1S/C21H21FN6O2/c1-13-4-3-5-15(10-13)12-28-17-18(27(2)21(30)25-19(17)29)24-20(28)26-23-11-14-6-8-16(22)9-7-14/h3-11,17-18H,12H2,1-2H3,(H,24,26)(H,25,29,30)/b23-11+. The van der Waals surface area contributed by atoms with Gasteiger partial charge in [0.25, 0.3) is 5.91 Å². The zero-order valence-electron chi connectivity index (χ0n) is 16.5. The van der Waals surface area contributed by atoms with Gasteiger partial charge in [-0.3, -0.25) is 10.1 Å². The molecule has 0 aromatic heterocycles. The second-order valence-electron chi connectivity index (χ2n) is 7.25. The first-order valence-corrected chi connectivity index (χ1v) is 9.44. The van der Waals surface area contributed by atoms with Crippen molar-refractivity contribution in [3.63, 3.8) is 0 Å². The number of carbonyl (C=O) groups excluding carboxylic acids is 2. The first-order chi connectivity index (χ1) is 14.4. The first-order valence-electron chi connectivity index (χ1n) is 9.44. The molecule has 8 nitrogen and oxygen atoms in total. The van der Waals surface area contributed by atoms with Gasteiger partial charge in [0.15, 0.2) is 12.2 Å². The third kappa shape index (κ3) is 3.86. The van der Waals surface area contributed by atoms with Gasteiger partial charge in [-0.15, -0.1) is 0 Å². The second kappa shape index (κ2) is 7.94. The van der Waals surface area contributed by atoms with Crippen molar-refractivity contribution in [2.24, 2.45) is 10.1 Å². The Bertz CT molecular complexity index is 1040. The van der Waals surface area contributed by atoms with E-state index in [0.717, 1.165) is 11.1 Å². The van der Waals surface area contributed by atoms with Gasteiger partial charge in [-0.2, -0.15) is 5.10 Å². The lowest BCUT2D eigenvalue weighted by molar-refractivity contribution is -0.127. The number of carbonyl (C=O) groups is 2. The van der Waals surface area contributed by atoms with Crippen LogP contribution in [0.25, 0.3) is 0 Å². The Morgan fingerprint density at radius 1 is 1.23 bits per heavy atom. The number of aryl methyl sites for hydroxylation is 1. The summed E-state index contributed by atoms with van der Waals surface area (Å²) in [4.78, 5) is 32.3. The fourth-order valence-corrected chi connectivity index (χ4v) is 3.51. The maximum atomic E-state index is 13.1. The van der Waals surface area contributed by atoms with E-state index in [0.29, 0.717) is 18.1 Å². The van der Waals surface area contributed by atoms with Crippen LogP contribution >= 0.6 is 0 Å². The van der Waals surface area contributed by atoms with Crippen molar-refractivity contribution in [3.05, 3.63) is 71.0 Å². The highest BCUT2D eigenvalue weighted by molar-refractivity contribution is 6.03. The van der Waals surface area contributed by atoms with Crippen molar-refractivity contribution in [2.75, 3.05) is 7.05 Å². The molecule has 2 aromatic carbocycles. The molecule has 0 bridgehead atoms. The lowest BCUT2D eigenvalue weighted by atomic mass is 10.1. The van der Waals surface area contributed by atoms with Gasteiger partial charge in [0.05, 0.1) is 6.21 Å². The summed E-state index contributed by atoms with van der Waals surface area (Å²) in [5.74, 6) is -0.354. The number of halogens is 1. The predicted molar refractivity (Wildman–Crippen MR) is 110 cm³/mol. The molecule has 2 aliphatic rings. The van der Waals surface area contributed by atoms with Crippen LogP contribution in [0.3, 0.4) is 0 Å². The minimum atomic E-state index is -0.670. The average Bonchev–Trinajstić information content (AvgIpc) is 3.07. The number of hydrogen-bond acceptors (Lipinski definition) is 6. The summed E-state index contributed by atoms with van der Waals surface area (Å²) in [6.07, 6.45) is 0.878. The third-order valence-corrected chi connectivity index (χ3v) is 5.04. The number of rotatable bonds is 4. The number of likely N-dealkylation sites (N-methyl/N-ethyl adjacent to an activating group) is 1. The van der Waals surface area contributed by atoms with E-state index in [2.05, 4.69) is 20.8 Å². The monoisotopic (exact) mass is 408 g/mol. The Kier molecular flexibility index (Phi) is 5.18. The van der Waals surface area contributed by atoms with Gasteiger partial charge in [-0.05, 0) is 30.2 Å². The fourth-order valence-electron chi connectivity index (χ4n) is 3.51. The van der Waals surface area contributed by atoms with Crippen LogP contribution in [0.5, 0.6) is 0 Å². The van der Waals surface area contributed by atoms with Crippen molar-refractivity contribution >= 4 is 24.1 Å². The number of benzene rings is 2. The zero-order chi connectivity index (χ0) is 21.3. The number of aliphatic imine (C=N–C) groups is 1. The molecule has 0 aliphatic carbocycles. The van der Waals surface area contributed by atoms with Gasteiger partial charge >= 0.3 is 6.03 Å². The molecule has 2 aromatic rings. The lowest BCUT2D eigenvalue weighted by Crippen LogP contribution is -2.63. The number of hydrazone groups is 1. The normalized spacial score (nSPS) is 21.0. The topological polar surface area (TPSA) is 89.4 Å². The number of amides is 3. The largest absolute Gasteiger partial charge is 0.325 e. The molecule has 4 rings (SSSR count). The molecule has 154 valence electrons. The van der Waals surface area contributed by atoms with Crippen molar-refractivity contribution in [1.82, 2.24) is 20.5 Å². The van der Waals surface area contributed by atoms with Crippen LogP contribution in [-0.2, 0) is 11.3 Å². The summed E-state index contributed by atoms with van der Waals surface area (Å²) in [5, 5.41) is 6.55. The maximum Gasteiger partial charge on any atom is 0.325 e. The van der Waals surface area contributed by atoms with Crippen molar-refractivity contribution in [1.29, 1.82) is 0 Å². The van der Waals surface area contributed by atoms with Crippen molar-refractivity contribution in [2.45, 2.75) is 25.7 Å². The zero-order valence-corrected chi connectivity index (χ0v) is 16.5. The van der Waals surface area contributed by atoms with Crippen molar-refractivity contribution < 1.29 is 14.0 Å². The number of urea groups is 1. The van der Waals surface area contributed by atoms with E-state index in [1.165, 1.54) is 23.2 Å². The number of imide groups is 1. The van der Waals surface area contributed by atoms with Crippen molar-refractivity contribution in [3.8, 4) is 0 Å². The highest BCUT2D eigenvalue weighted by atomic mass is 19.1. The van der Waals surface area contributed by atoms with E-state index in [9.17, 15) is 14.0 Å². The Labute approximate surface area is 173 Å². The van der Waals surface area contributed by atoms with Crippen LogP contribution in [-0.4, -0.2) is 53.2 Å². The molecule has 1 fully saturated rings. The summed E-state index contributed by atoms with van der Waals surface area (Å²) < 4.78 is 13.1. The molecule has 3 amide bonds. The SMILES string of the molecule is Cc1cccc(CN2C(N/N=C/c3ccc(F)cc3)=NC3C2C(=O)NC(=O)N3C)c1. The molecule has 2 aliphatic heterocycles. The van der Waals surface area contributed by atoms with Gasteiger partial charge < -0.3 is 9.80 Å². The number of nitrogens with zero attached hydrogens (tertiary/aromatic N) is 4. The highest BCUT2D eigenvalue weighted by Gasteiger charge is 2.48. The van der Waals surface area contributed by atoms with E-state index < -0.39 is 24.1 Å². The van der Waals surface area contributed by atoms with Crippen LogP contribution in [0.15, 0.2) is 58.6 Å². The molecule has 1 saturated heterocycles. The molecular weight excluding hydrogens is 387 g/mol. The van der Waals surface area contributed by atoms with Crippen LogP contribution in [0.1, 0.15) is 16.7 Å². The van der Waals surface area contributed by atoms with E-state index in [-0.39, 0.29) is 5.82 Å². The summed E-state index contributed by atoms with van der Waals surface area (Å²) >= 11 is 0. The van der Waals surface area contributed by atoms with Gasteiger partial charge in [-0.1, -0.05) is 42.0 Å². The molecular formula is C21H21FN6O2. The second-order valence-corrected chi connectivity index (χ2v) is 7.25. The predicted octanol–water partition coefficient (Wildman–Crippen LogP) is 1.81. The molecule has 30 heavy (non-hydrogen) atoms. The number of guanidine groups is 1. The summed E-state index contributed by atoms with van der Waals surface area (Å²) in [7, 11) is 1.60. The van der Waals surface area contributed by atoms with Gasteiger partial charge in [0.1, 0.15) is 5.82 Å². The Hall–Kier alpha value is -3.75. The molecule has 2 heterocycles. The van der Waals surface area contributed by atoms with Crippen LogP contribution in [0.4, 0.5) is 9.18 Å². The number of hydrogen-bond donors (Lipinski definition) is 2. The molecule has 0 spiro atoms. The Balaban J connectivity index is 1.59. The quantitative estimate of drug-likeness (QED) is 0.597. The molecule has 0 radical (unpaired) electrons. The summed E-state index contributed by atoms with van der Waals surface area (Å²) in [6, 6.07) is 12.7. The van der Waals surface area contributed by atoms with Gasteiger partial charge in [-0.25, -0.2) is 19.6 Å². The minimum absolute atomic E-state index is 0.326. The Morgan fingerprint density at radius 2 is 2.00 bits per heavy atom. The maximum absolute atomic E-state index is 13.1. The van der Waals surface area contributed by atoms with Crippen LogP contribution in [0, 0.1) is 12.7 Å². The number of nitrogens with one attached hydrogen (secondary N) is 2. The fraction of sp³-hybridized carbons (Fsp3) is 0.238. The lowest BCUT2D eigenvalue weighted by Gasteiger charge is -2.36. The van der Waals surface area contributed by atoms with E-state index >= 15 is 0 Å². The smallest absolute Gasteiger partial charge is 0.321 e. The van der Waals surface area contributed by atoms with Gasteiger partial charge in [0, 0.05) is 13.6 Å². The highest BCUT2D eigenvalue weighted by Crippen LogP contribution is 2.25. The van der Waals surface area contributed by atoms with E-state index in [4.69, 9.17) is 0 Å². The summed E-state index contributed by atoms with van der Waals surface area (Å²) in [6.45, 7) is 2.41. The molecule has 9 heteroatoms. The number of fused-ring (bicyclic) bond motifs is 1. The minimum Gasteiger partial charge on any atom is -0.321 e. The molecule has 2 atom stereocenters. The van der Waals surface area contributed by atoms with E-state index in [1.807, 2.05) is 31.2 Å². The first kappa shape index (κ1) is 19.6. The molecule has 2 unspecified atom stereocenters. The third-order valence-electron chi connectivity index (χ3n) is 5.04. The average molecular weight is 408 g/mol. The van der Waals surface area contributed by atoms with Crippen LogP contribution < -0.4 is 10.7 Å². The Morgan fingerprint density at radius 3 is 2.73 bits per heavy atom. The molecule has 2 N–H and O–H groups in total. The molecule has 0 saturated carbocycles. The van der Waals surface area contributed by atoms with Gasteiger partial charge in [0.2, 0.25) is 5.96 Å². The van der Waals surface area contributed by atoms with E-state index in [1.54, 1.807) is 24.1 Å². The summed E-state index contributed by atoms with van der Waals surface area (Å²) in [5.41, 5.74) is 5.68. The van der Waals surface area contributed by atoms with Crippen LogP contribution in [0.2, 0.25) is 0 Å².